The number of hydrogen-bond donors (Lipinski definition) is 3. The Morgan fingerprint density at radius 3 is 2.63 bits per heavy atom. The number of anilines is 1. The Kier molecular flexibility index (Phi) is 5.85. The largest absolute Gasteiger partial charge is 0.399 e. The molecule has 0 radical (unpaired) electrons. The van der Waals surface area contributed by atoms with Crippen molar-refractivity contribution in [1.82, 2.24) is 10.6 Å². The van der Waals surface area contributed by atoms with Crippen molar-refractivity contribution in [3.05, 3.63) is 29.8 Å². The van der Waals surface area contributed by atoms with Crippen LogP contribution in [0.2, 0.25) is 0 Å². The summed E-state index contributed by atoms with van der Waals surface area (Å²) in [5.41, 5.74) is 6.64. The van der Waals surface area contributed by atoms with Crippen LogP contribution in [0.3, 0.4) is 0 Å². The summed E-state index contributed by atoms with van der Waals surface area (Å²) in [4.78, 5) is 23.2. The second-order valence-corrected chi connectivity index (χ2v) is 4.83. The Balaban J connectivity index is 2.29. The van der Waals surface area contributed by atoms with Crippen LogP contribution in [0.5, 0.6) is 0 Å². The van der Waals surface area contributed by atoms with E-state index in [9.17, 15) is 9.59 Å². The highest BCUT2D eigenvalue weighted by molar-refractivity contribution is 5.95. The summed E-state index contributed by atoms with van der Waals surface area (Å²) >= 11 is 0. The first-order valence-corrected chi connectivity index (χ1v) is 6.39. The van der Waals surface area contributed by atoms with Crippen molar-refractivity contribution in [3.8, 4) is 0 Å². The van der Waals surface area contributed by atoms with Crippen LogP contribution in [0.1, 0.15) is 30.6 Å². The molecule has 0 bridgehead atoms. The molecular formula is C14H21N3O2. The number of nitrogens with two attached hydrogens (primary N) is 1. The summed E-state index contributed by atoms with van der Waals surface area (Å²) in [6, 6.07) is 6.73. The summed E-state index contributed by atoms with van der Waals surface area (Å²) in [6.07, 6.45) is 0.279. The number of carbonyl (C=O) groups is 2. The van der Waals surface area contributed by atoms with Crippen molar-refractivity contribution < 1.29 is 9.59 Å². The molecule has 0 aliphatic rings. The Hall–Kier alpha value is -2.04. The third kappa shape index (κ3) is 5.90. The van der Waals surface area contributed by atoms with Crippen molar-refractivity contribution >= 4 is 17.5 Å². The van der Waals surface area contributed by atoms with Crippen LogP contribution in [0.25, 0.3) is 0 Å². The maximum atomic E-state index is 11.7. The molecule has 0 aromatic heterocycles. The maximum absolute atomic E-state index is 11.7. The second kappa shape index (κ2) is 7.41. The SMILES string of the molecule is CC(C)CNC(=O)CCNC(=O)c1cccc(N)c1. The molecule has 0 unspecified atom stereocenters. The molecule has 19 heavy (non-hydrogen) atoms. The molecule has 0 saturated carbocycles. The average Bonchev–Trinajstić information content (AvgIpc) is 2.36. The Morgan fingerprint density at radius 1 is 1.26 bits per heavy atom. The van der Waals surface area contributed by atoms with E-state index in [1.807, 2.05) is 13.8 Å². The highest BCUT2D eigenvalue weighted by Gasteiger charge is 2.07. The minimum atomic E-state index is -0.219. The molecule has 0 aliphatic heterocycles. The molecule has 104 valence electrons. The highest BCUT2D eigenvalue weighted by atomic mass is 16.2. The van der Waals surface area contributed by atoms with Gasteiger partial charge in [0, 0.05) is 30.8 Å². The zero-order valence-electron chi connectivity index (χ0n) is 11.4. The van der Waals surface area contributed by atoms with E-state index in [0.29, 0.717) is 30.3 Å². The third-order valence-corrected chi connectivity index (χ3v) is 2.49. The van der Waals surface area contributed by atoms with Crippen molar-refractivity contribution in [2.24, 2.45) is 5.92 Å². The van der Waals surface area contributed by atoms with Crippen molar-refractivity contribution in [2.75, 3.05) is 18.8 Å². The molecule has 5 nitrogen and oxygen atoms in total. The minimum Gasteiger partial charge on any atom is -0.399 e. The molecule has 0 aliphatic carbocycles. The topological polar surface area (TPSA) is 84.2 Å². The molecule has 0 spiro atoms. The van der Waals surface area contributed by atoms with E-state index >= 15 is 0 Å². The fraction of sp³-hybridized carbons (Fsp3) is 0.429. The second-order valence-electron chi connectivity index (χ2n) is 4.83. The van der Waals surface area contributed by atoms with Gasteiger partial charge in [0.15, 0.2) is 0 Å². The van der Waals surface area contributed by atoms with Crippen LogP contribution in [0.4, 0.5) is 5.69 Å². The van der Waals surface area contributed by atoms with E-state index in [2.05, 4.69) is 10.6 Å². The van der Waals surface area contributed by atoms with Crippen LogP contribution in [0, 0.1) is 5.92 Å². The van der Waals surface area contributed by atoms with Crippen molar-refractivity contribution in [3.63, 3.8) is 0 Å². The maximum Gasteiger partial charge on any atom is 0.251 e. The Bertz CT molecular complexity index is 444. The summed E-state index contributed by atoms with van der Waals surface area (Å²) in [5, 5.41) is 5.48. The van der Waals surface area contributed by atoms with E-state index in [1.54, 1.807) is 24.3 Å². The highest BCUT2D eigenvalue weighted by Crippen LogP contribution is 2.05. The lowest BCUT2D eigenvalue weighted by Crippen LogP contribution is -2.32. The molecule has 0 atom stereocenters. The van der Waals surface area contributed by atoms with Crippen molar-refractivity contribution in [2.45, 2.75) is 20.3 Å². The van der Waals surface area contributed by atoms with Crippen LogP contribution < -0.4 is 16.4 Å². The molecule has 2 amide bonds. The lowest BCUT2D eigenvalue weighted by Gasteiger charge is -2.08. The normalized spacial score (nSPS) is 10.3. The number of benzene rings is 1. The smallest absolute Gasteiger partial charge is 0.251 e. The van der Waals surface area contributed by atoms with Crippen LogP contribution in [-0.2, 0) is 4.79 Å². The Morgan fingerprint density at radius 2 is 2.00 bits per heavy atom. The Labute approximate surface area is 113 Å². The monoisotopic (exact) mass is 263 g/mol. The first-order chi connectivity index (χ1) is 8.99. The third-order valence-electron chi connectivity index (χ3n) is 2.49. The number of nitrogens with one attached hydrogen (secondary N) is 2. The van der Waals surface area contributed by atoms with Crippen LogP contribution in [-0.4, -0.2) is 24.9 Å². The molecular weight excluding hydrogens is 242 g/mol. The van der Waals surface area contributed by atoms with E-state index in [0.717, 1.165) is 0 Å². The lowest BCUT2D eigenvalue weighted by atomic mass is 10.2. The average molecular weight is 263 g/mol. The molecule has 1 aromatic rings. The zero-order chi connectivity index (χ0) is 14.3. The van der Waals surface area contributed by atoms with Gasteiger partial charge in [-0.25, -0.2) is 0 Å². The molecule has 4 N–H and O–H groups in total. The number of hydrogen-bond acceptors (Lipinski definition) is 3. The fourth-order valence-corrected chi connectivity index (χ4v) is 1.48. The standard InChI is InChI=1S/C14H21N3O2/c1-10(2)9-17-13(18)6-7-16-14(19)11-4-3-5-12(15)8-11/h3-5,8,10H,6-7,9,15H2,1-2H3,(H,16,19)(H,17,18). The molecule has 0 fully saturated rings. The first-order valence-electron chi connectivity index (χ1n) is 6.39. The summed E-state index contributed by atoms with van der Waals surface area (Å²) in [6.45, 7) is 5.03. The van der Waals surface area contributed by atoms with E-state index in [4.69, 9.17) is 5.73 Å². The quantitative estimate of drug-likeness (QED) is 0.673. The van der Waals surface area contributed by atoms with Gasteiger partial charge in [-0.15, -0.1) is 0 Å². The van der Waals surface area contributed by atoms with Gasteiger partial charge in [0.2, 0.25) is 5.91 Å². The van der Waals surface area contributed by atoms with E-state index < -0.39 is 0 Å². The molecule has 1 rings (SSSR count). The van der Waals surface area contributed by atoms with Gasteiger partial charge in [0.05, 0.1) is 0 Å². The van der Waals surface area contributed by atoms with Gasteiger partial charge in [-0.3, -0.25) is 9.59 Å². The van der Waals surface area contributed by atoms with Gasteiger partial charge in [-0.05, 0) is 24.1 Å². The lowest BCUT2D eigenvalue weighted by molar-refractivity contribution is -0.121. The van der Waals surface area contributed by atoms with Crippen LogP contribution >= 0.6 is 0 Å². The molecule has 0 heterocycles. The summed E-state index contributed by atoms with van der Waals surface area (Å²) in [5.74, 6) is 0.149. The molecule has 1 aromatic carbocycles. The predicted octanol–water partition coefficient (Wildman–Crippen LogP) is 1.16. The first kappa shape index (κ1) is 15.0. The van der Waals surface area contributed by atoms with E-state index in [-0.39, 0.29) is 18.2 Å². The van der Waals surface area contributed by atoms with Gasteiger partial charge in [0.25, 0.3) is 5.91 Å². The number of rotatable bonds is 6. The van der Waals surface area contributed by atoms with Gasteiger partial charge in [0.1, 0.15) is 0 Å². The summed E-state index contributed by atoms with van der Waals surface area (Å²) in [7, 11) is 0. The summed E-state index contributed by atoms with van der Waals surface area (Å²) < 4.78 is 0. The van der Waals surface area contributed by atoms with Crippen LogP contribution in [0.15, 0.2) is 24.3 Å². The van der Waals surface area contributed by atoms with Gasteiger partial charge >= 0.3 is 0 Å². The molecule has 0 saturated heterocycles. The van der Waals surface area contributed by atoms with E-state index in [1.165, 1.54) is 0 Å². The molecule has 5 heteroatoms. The number of amides is 2. The number of carbonyl (C=O) groups excluding carboxylic acids is 2. The fourth-order valence-electron chi connectivity index (χ4n) is 1.48. The van der Waals surface area contributed by atoms with Gasteiger partial charge in [-0.2, -0.15) is 0 Å². The van der Waals surface area contributed by atoms with Gasteiger partial charge < -0.3 is 16.4 Å². The van der Waals surface area contributed by atoms with Gasteiger partial charge in [-0.1, -0.05) is 19.9 Å². The minimum absolute atomic E-state index is 0.0541. The zero-order valence-corrected chi connectivity index (χ0v) is 11.4. The number of nitrogen functional groups attached to an aromatic ring is 1. The van der Waals surface area contributed by atoms with Crippen molar-refractivity contribution in [1.29, 1.82) is 0 Å². The predicted molar refractivity (Wildman–Crippen MR) is 75.7 cm³/mol.